The summed E-state index contributed by atoms with van der Waals surface area (Å²) >= 11 is 0. The lowest BCUT2D eigenvalue weighted by molar-refractivity contribution is 0.614. The van der Waals surface area contributed by atoms with Crippen molar-refractivity contribution in [2.75, 3.05) is 13.1 Å². The Hall–Kier alpha value is -0.790. The average molecular weight is 419 g/mol. The van der Waals surface area contributed by atoms with Gasteiger partial charge in [-0.3, -0.25) is 9.67 Å². The summed E-state index contributed by atoms with van der Waals surface area (Å²) in [7, 11) is 2.00. The highest BCUT2D eigenvalue weighted by atomic mass is 127. The monoisotopic (exact) mass is 419 g/mol. The van der Waals surface area contributed by atoms with Gasteiger partial charge in [-0.2, -0.15) is 5.10 Å². The predicted molar refractivity (Wildman–Crippen MR) is 103 cm³/mol. The molecule has 2 N–H and O–H groups in total. The van der Waals surface area contributed by atoms with Crippen LogP contribution in [0.4, 0.5) is 0 Å². The van der Waals surface area contributed by atoms with E-state index >= 15 is 0 Å². The highest BCUT2D eigenvalue weighted by Crippen LogP contribution is 2.17. The molecule has 1 fully saturated rings. The summed E-state index contributed by atoms with van der Waals surface area (Å²) in [6.07, 6.45) is 6.17. The first-order valence-corrected chi connectivity index (χ1v) is 8.15. The molecule has 126 valence electrons. The molecule has 5 nitrogen and oxygen atoms in total. The van der Waals surface area contributed by atoms with E-state index in [2.05, 4.69) is 36.5 Å². The Morgan fingerprint density at radius 1 is 1.32 bits per heavy atom. The molecule has 0 radical (unpaired) electrons. The zero-order chi connectivity index (χ0) is 15.2. The van der Waals surface area contributed by atoms with Gasteiger partial charge in [-0.05, 0) is 45.6 Å². The fourth-order valence-electron chi connectivity index (χ4n) is 3.04. The van der Waals surface area contributed by atoms with E-state index < -0.39 is 0 Å². The van der Waals surface area contributed by atoms with Crippen LogP contribution >= 0.6 is 24.0 Å². The zero-order valence-electron chi connectivity index (χ0n) is 14.3. The number of aliphatic imine (C=N–C) groups is 1. The van der Waals surface area contributed by atoms with Gasteiger partial charge in [-0.25, -0.2) is 0 Å². The Kier molecular flexibility index (Phi) is 8.20. The number of hydrogen-bond acceptors (Lipinski definition) is 2. The van der Waals surface area contributed by atoms with E-state index in [1.165, 1.54) is 36.9 Å². The lowest BCUT2D eigenvalue weighted by atomic mass is 10.1. The van der Waals surface area contributed by atoms with Crippen molar-refractivity contribution in [3.05, 3.63) is 17.0 Å². The molecule has 1 aromatic heterocycles. The molecular formula is C16H30IN5. The van der Waals surface area contributed by atoms with Crippen LogP contribution < -0.4 is 10.6 Å². The third-order valence-corrected chi connectivity index (χ3v) is 4.33. The van der Waals surface area contributed by atoms with Gasteiger partial charge < -0.3 is 10.6 Å². The van der Waals surface area contributed by atoms with Crippen LogP contribution in [-0.4, -0.2) is 34.9 Å². The summed E-state index contributed by atoms with van der Waals surface area (Å²) in [6.45, 7) is 8.02. The van der Waals surface area contributed by atoms with Crippen molar-refractivity contribution < 1.29 is 0 Å². The van der Waals surface area contributed by atoms with Gasteiger partial charge in [-0.1, -0.05) is 12.8 Å². The van der Waals surface area contributed by atoms with E-state index in [0.717, 1.165) is 31.2 Å². The van der Waals surface area contributed by atoms with Crippen LogP contribution in [0.1, 0.15) is 49.6 Å². The fraction of sp³-hybridized carbons (Fsp3) is 0.750. The maximum Gasteiger partial charge on any atom is 0.191 e. The summed E-state index contributed by atoms with van der Waals surface area (Å²) in [4.78, 5) is 4.72. The lowest BCUT2D eigenvalue weighted by Crippen LogP contribution is -2.42. The van der Waals surface area contributed by atoms with Gasteiger partial charge in [0.05, 0.1) is 5.69 Å². The van der Waals surface area contributed by atoms with Crippen molar-refractivity contribution in [1.82, 2.24) is 20.4 Å². The molecule has 1 heterocycles. The first kappa shape index (κ1) is 19.3. The zero-order valence-corrected chi connectivity index (χ0v) is 16.6. The molecule has 1 aliphatic rings. The number of halogens is 1. The smallest absolute Gasteiger partial charge is 0.191 e. The molecule has 0 unspecified atom stereocenters. The normalized spacial score (nSPS) is 15.7. The molecule has 0 saturated heterocycles. The quantitative estimate of drug-likeness (QED) is 0.439. The van der Waals surface area contributed by atoms with Crippen molar-refractivity contribution in [1.29, 1.82) is 0 Å². The summed E-state index contributed by atoms with van der Waals surface area (Å²) < 4.78 is 1.95. The lowest BCUT2D eigenvalue weighted by Gasteiger charge is -2.16. The molecule has 0 amide bonds. The molecule has 22 heavy (non-hydrogen) atoms. The van der Waals surface area contributed by atoms with E-state index in [1.54, 1.807) is 0 Å². The largest absolute Gasteiger partial charge is 0.357 e. The molecular weight excluding hydrogens is 389 g/mol. The Morgan fingerprint density at radius 3 is 2.55 bits per heavy atom. The van der Waals surface area contributed by atoms with Crippen LogP contribution in [0.2, 0.25) is 0 Å². The minimum absolute atomic E-state index is 0. The number of nitrogens with zero attached hydrogens (tertiary/aromatic N) is 3. The Bertz CT molecular complexity index is 489. The Labute approximate surface area is 151 Å². The number of hydrogen-bond donors (Lipinski definition) is 2. The van der Waals surface area contributed by atoms with E-state index in [1.807, 2.05) is 11.7 Å². The van der Waals surface area contributed by atoms with Crippen LogP contribution in [0, 0.1) is 13.8 Å². The second kappa shape index (κ2) is 9.37. The van der Waals surface area contributed by atoms with E-state index in [4.69, 9.17) is 4.99 Å². The standard InChI is InChI=1S/C16H29N5.HI/c1-5-17-16(19-14-8-6-7-9-14)18-11-10-15-12(2)20-21(4)13(15)3;/h14H,5-11H2,1-4H3,(H2,17,18,19);1H. The summed E-state index contributed by atoms with van der Waals surface area (Å²) in [5.74, 6) is 0.962. The van der Waals surface area contributed by atoms with Crippen LogP contribution in [0.3, 0.4) is 0 Å². The van der Waals surface area contributed by atoms with Gasteiger partial charge in [0.15, 0.2) is 5.96 Å². The predicted octanol–water partition coefficient (Wildman–Crippen LogP) is 2.70. The number of guanidine groups is 1. The molecule has 0 bridgehead atoms. The summed E-state index contributed by atoms with van der Waals surface area (Å²) in [5.41, 5.74) is 3.70. The van der Waals surface area contributed by atoms with E-state index in [9.17, 15) is 0 Å². The fourth-order valence-corrected chi connectivity index (χ4v) is 3.04. The molecule has 1 aromatic rings. The first-order valence-electron chi connectivity index (χ1n) is 8.15. The first-order chi connectivity index (χ1) is 10.1. The highest BCUT2D eigenvalue weighted by molar-refractivity contribution is 14.0. The third-order valence-electron chi connectivity index (χ3n) is 4.33. The minimum Gasteiger partial charge on any atom is -0.357 e. The number of aryl methyl sites for hydroxylation is 2. The number of aromatic nitrogens is 2. The topological polar surface area (TPSA) is 54.2 Å². The Morgan fingerprint density at radius 2 is 2.00 bits per heavy atom. The molecule has 0 aromatic carbocycles. The molecule has 1 aliphatic carbocycles. The van der Waals surface area contributed by atoms with E-state index in [0.29, 0.717) is 6.04 Å². The number of nitrogens with one attached hydrogen (secondary N) is 2. The average Bonchev–Trinajstić information content (AvgIpc) is 3.02. The SMILES string of the molecule is CCNC(=NCCc1c(C)nn(C)c1C)NC1CCCC1.I. The second-order valence-electron chi connectivity index (χ2n) is 5.91. The van der Waals surface area contributed by atoms with Crippen LogP contribution in [-0.2, 0) is 13.5 Å². The van der Waals surface area contributed by atoms with E-state index in [-0.39, 0.29) is 24.0 Å². The number of rotatable bonds is 5. The van der Waals surface area contributed by atoms with Crippen molar-refractivity contribution in [3.63, 3.8) is 0 Å². The van der Waals surface area contributed by atoms with Gasteiger partial charge in [0.2, 0.25) is 0 Å². The van der Waals surface area contributed by atoms with Crippen molar-refractivity contribution >= 4 is 29.9 Å². The van der Waals surface area contributed by atoms with Crippen molar-refractivity contribution in [2.24, 2.45) is 12.0 Å². The summed E-state index contributed by atoms with van der Waals surface area (Å²) in [5, 5.41) is 11.4. The summed E-state index contributed by atoms with van der Waals surface area (Å²) in [6, 6.07) is 0.602. The Balaban J connectivity index is 0.00000242. The van der Waals surface area contributed by atoms with Crippen LogP contribution in [0.25, 0.3) is 0 Å². The molecule has 0 spiro atoms. The third kappa shape index (κ3) is 5.14. The van der Waals surface area contributed by atoms with Gasteiger partial charge in [-0.15, -0.1) is 24.0 Å². The van der Waals surface area contributed by atoms with Crippen molar-refractivity contribution in [2.45, 2.75) is 58.9 Å². The molecule has 2 rings (SSSR count). The van der Waals surface area contributed by atoms with Crippen LogP contribution in [0.15, 0.2) is 4.99 Å². The molecule has 0 atom stereocenters. The maximum atomic E-state index is 4.72. The molecule has 0 aliphatic heterocycles. The molecule has 1 saturated carbocycles. The maximum absolute atomic E-state index is 4.72. The highest BCUT2D eigenvalue weighted by Gasteiger charge is 2.16. The minimum atomic E-state index is 0. The molecule has 6 heteroatoms. The van der Waals surface area contributed by atoms with Gasteiger partial charge in [0.25, 0.3) is 0 Å². The van der Waals surface area contributed by atoms with Gasteiger partial charge >= 0.3 is 0 Å². The second-order valence-corrected chi connectivity index (χ2v) is 5.91. The van der Waals surface area contributed by atoms with Gasteiger partial charge in [0.1, 0.15) is 0 Å². The van der Waals surface area contributed by atoms with Gasteiger partial charge in [0, 0.05) is 31.9 Å². The van der Waals surface area contributed by atoms with Crippen LogP contribution in [0.5, 0.6) is 0 Å². The van der Waals surface area contributed by atoms with Crippen molar-refractivity contribution in [3.8, 4) is 0 Å².